The molecule has 0 aliphatic heterocycles. The molecule has 3 N–H and O–H groups in total. The third-order valence-corrected chi connectivity index (χ3v) is 2.60. The van der Waals surface area contributed by atoms with E-state index >= 15 is 0 Å². The van der Waals surface area contributed by atoms with Crippen molar-refractivity contribution < 1.29 is 4.74 Å². The number of hydrazine groups is 1. The van der Waals surface area contributed by atoms with Gasteiger partial charge in [-0.05, 0) is 13.8 Å². The van der Waals surface area contributed by atoms with Gasteiger partial charge in [-0.1, -0.05) is 11.6 Å². The Morgan fingerprint density at radius 2 is 2.40 bits per heavy atom. The second-order valence-corrected chi connectivity index (χ2v) is 3.71. The summed E-state index contributed by atoms with van der Waals surface area (Å²) in [5.41, 5.74) is 3.53. The maximum atomic E-state index is 6.03. The highest BCUT2D eigenvalue weighted by molar-refractivity contribution is 6.31. The molecule has 2 unspecified atom stereocenters. The van der Waals surface area contributed by atoms with E-state index in [0.29, 0.717) is 11.6 Å². The molecule has 0 aliphatic carbocycles. The molecule has 0 saturated carbocycles. The molecule has 0 fully saturated rings. The molecule has 15 heavy (non-hydrogen) atoms. The van der Waals surface area contributed by atoms with Crippen LogP contribution in [0.15, 0.2) is 6.20 Å². The van der Waals surface area contributed by atoms with Crippen LogP contribution in [0.25, 0.3) is 0 Å². The van der Waals surface area contributed by atoms with Crippen molar-refractivity contribution in [2.45, 2.75) is 26.0 Å². The van der Waals surface area contributed by atoms with Gasteiger partial charge in [0.1, 0.15) is 0 Å². The van der Waals surface area contributed by atoms with E-state index < -0.39 is 0 Å². The molecule has 0 bridgehead atoms. The molecule has 5 nitrogen and oxygen atoms in total. The fourth-order valence-electron chi connectivity index (χ4n) is 1.57. The summed E-state index contributed by atoms with van der Waals surface area (Å²) in [7, 11) is 1.82. The van der Waals surface area contributed by atoms with Crippen molar-refractivity contribution in [2.75, 3.05) is 6.61 Å². The highest BCUT2D eigenvalue weighted by atomic mass is 35.5. The van der Waals surface area contributed by atoms with E-state index in [-0.39, 0.29) is 12.1 Å². The predicted octanol–water partition coefficient (Wildman–Crippen LogP) is 1.00. The zero-order valence-electron chi connectivity index (χ0n) is 9.20. The second-order valence-electron chi connectivity index (χ2n) is 3.31. The van der Waals surface area contributed by atoms with Gasteiger partial charge in [0.2, 0.25) is 0 Å². The Labute approximate surface area is 94.5 Å². The summed E-state index contributed by atoms with van der Waals surface area (Å²) < 4.78 is 7.18. The molecule has 1 rings (SSSR count). The number of halogens is 1. The van der Waals surface area contributed by atoms with E-state index in [1.807, 2.05) is 20.9 Å². The lowest BCUT2D eigenvalue weighted by Gasteiger charge is -2.23. The van der Waals surface area contributed by atoms with Crippen LogP contribution in [-0.4, -0.2) is 22.5 Å². The Morgan fingerprint density at radius 3 is 2.80 bits per heavy atom. The molecule has 86 valence electrons. The van der Waals surface area contributed by atoms with E-state index in [9.17, 15) is 0 Å². The van der Waals surface area contributed by atoms with E-state index in [2.05, 4.69) is 10.5 Å². The Balaban J connectivity index is 2.91. The summed E-state index contributed by atoms with van der Waals surface area (Å²) in [6.07, 6.45) is 1.53. The molecule has 0 saturated heterocycles. The second kappa shape index (κ2) is 5.46. The number of aryl methyl sites for hydroxylation is 1. The first-order chi connectivity index (χ1) is 7.11. The summed E-state index contributed by atoms with van der Waals surface area (Å²) in [4.78, 5) is 0. The third kappa shape index (κ3) is 2.69. The SMILES string of the molecule is CCOC(C)C(NN)c1c(Cl)cnn1C. The number of hydrogen-bond acceptors (Lipinski definition) is 4. The van der Waals surface area contributed by atoms with Gasteiger partial charge in [0, 0.05) is 13.7 Å². The molecular weight excluding hydrogens is 216 g/mol. The lowest BCUT2D eigenvalue weighted by Crippen LogP contribution is -2.38. The van der Waals surface area contributed by atoms with Crippen molar-refractivity contribution >= 4 is 11.6 Å². The molecule has 0 aliphatic rings. The standard InChI is InChI=1S/C9H17ClN4O/c1-4-15-6(2)8(13-11)9-7(10)5-12-14(9)3/h5-6,8,13H,4,11H2,1-3H3. The number of aromatic nitrogens is 2. The molecule has 1 heterocycles. The Morgan fingerprint density at radius 1 is 1.73 bits per heavy atom. The van der Waals surface area contributed by atoms with Crippen molar-refractivity contribution in [3.8, 4) is 0 Å². The van der Waals surface area contributed by atoms with Crippen LogP contribution in [0.3, 0.4) is 0 Å². The van der Waals surface area contributed by atoms with Crippen LogP contribution in [0.2, 0.25) is 5.02 Å². The van der Waals surface area contributed by atoms with Crippen LogP contribution in [-0.2, 0) is 11.8 Å². The van der Waals surface area contributed by atoms with Crippen LogP contribution >= 0.6 is 11.6 Å². The van der Waals surface area contributed by atoms with Gasteiger partial charge < -0.3 is 4.74 Å². The average molecular weight is 233 g/mol. The highest BCUT2D eigenvalue weighted by Crippen LogP contribution is 2.25. The topological polar surface area (TPSA) is 65.1 Å². The maximum absolute atomic E-state index is 6.03. The summed E-state index contributed by atoms with van der Waals surface area (Å²) >= 11 is 6.03. The molecule has 6 heteroatoms. The zero-order valence-corrected chi connectivity index (χ0v) is 9.95. The number of nitrogens with one attached hydrogen (secondary N) is 1. The van der Waals surface area contributed by atoms with E-state index in [0.717, 1.165) is 5.69 Å². The number of nitrogens with zero attached hydrogens (tertiary/aromatic N) is 2. The van der Waals surface area contributed by atoms with Gasteiger partial charge in [-0.2, -0.15) is 5.10 Å². The Kier molecular flexibility index (Phi) is 4.53. The number of hydrogen-bond donors (Lipinski definition) is 2. The minimum absolute atomic E-state index is 0.0621. The summed E-state index contributed by atoms with van der Waals surface area (Å²) in [6.45, 7) is 4.51. The molecule has 0 spiro atoms. The van der Waals surface area contributed by atoms with Crippen molar-refractivity contribution in [1.29, 1.82) is 0 Å². The van der Waals surface area contributed by atoms with Gasteiger partial charge in [0.25, 0.3) is 0 Å². The zero-order chi connectivity index (χ0) is 11.4. The largest absolute Gasteiger partial charge is 0.377 e. The van der Waals surface area contributed by atoms with Gasteiger partial charge in [-0.15, -0.1) is 0 Å². The van der Waals surface area contributed by atoms with Crippen LogP contribution in [0.4, 0.5) is 0 Å². The van der Waals surface area contributed by atoms with Crippen LogP contribution in [0.5, 0.6) is 0 Å². The molecule has 2 atom stereocenters. The molecule has 0 amide bonds. The normalized spacial score (nSPS) is 15.3. The first kappa shape index (κ1) is 12.4. The van der Waals surface area contributed by atoms with Gasteiger partial charge in [0.05, 0.1) is 29.1 Å². The molecule has 0 radical (unpaired) electrons. The monoisotopic (exact) mass is 232 g/mol. The fraction of sp³-hybridized carbons (Fsp3) is 0.667. The summed E-state index contributed by atoms with van der Waals surface area (Å²) in [5, 5.41) is 4.65. The number of nitrogens with two attached hydrogens (primary N) is 1. The smallest absolute Gasteiger partial charge is 0.0902 e. The van der Waals surface area contributed by atoms with Gasteiger partial charge in [0.15, 0.2) is 0 Å². The van der Waals surface area contributed by atoms with Crippen LogP contribution in [0, 0.1) is 0 Å². The van der Waals surface area contributed by atoms with Crippen molar-refractivity contribution in [2.24, 2.45) is 12.9 Å². The predicted molar refractivity (Wildman–Crippen MR) is 59.4 cm³/mol. The first-order valence-corrected chi connectivity index (χ1v) is 5.24. The van der Waals surface area contributed by atoms with Crippen molar-refractivity contribution in [1.82, 2.24) is 15.2 Å². The van der Waals surface area contributed by atoms with Gasteiger partial charge >= 0.3 is 0 Å². The fourth-order valence-corrected chi connectivity index (χ4v) is 1.85. The lowest BCUT2D eigenvalue weighted by molar-refractivity contribution is 0.0451. The van der Waals surface area contributed by atoms with Crippen molar-refractivity contribution in [3.63, 3.8) is 0 Å². The molecule has 1 aromatic heterocycles. The highest BCUT2D eigenvalue weighted by Gasteiger charge is 2.24. The van der Waals surface area contributed by atoms with E-state index in [1.165, 1.54) is 0 Å². The number of ether oxygens (including phenoxy) is 1. The third-order valence-electron chi connectivity index (χ3n) is 2.31. The summed E-state index contributed by atoms with van der Waals surface area (Å²) in [5.74, 6) is 5.50. The Hall–Kier alpha value is -0.620. The lowest BCUT2D eigenvalue weighted by atomic mass is 10.1. The van der Waals surface area contributed by atoms with Gasteiger partial charge in [-0.3, -0.25) is 10.5 Å². The Bertz CT molecular complexity index is 296. The van der Waals surface area contributed by atoms with E-state index in [1.54, 1.807) is 10.9 Å². The van der Waals surface area contributed by atoms with Crippen LogP contribution in [0.1, 0.15) is 25.6 Å². The quantitative estimate of drug-likeness (QED) is 0.587. The van der Waals surface area contributed by atoms with E-state index in [4.69, 9.17) is 22.2 Å². The van der Waals surface area contributed by atoms with Crippen molar-refractivity contribution in [3.05, 3.63) is 16.9 Å². The van der Waals surface area contributed by atoms with Crippen LogP contribution < -0.4 is 11.3 Å². The van der Waals surface area contributed by atoms with Gasteiger partial charge in [-0.25, -0.2) is 5.43 Å². The summed E-state index contributed by atoms with van der Waals surface area (Å²) in [6, 6.07) is -0.162. The maximum Gasteiger partial charge on any atom is 0.0902 e. The molecular formula is C9H17ClN4O. The molecule has 0 aromatic carbocycles. The minimum Gasteiger partial charge on any atom is -0.377 e. The average Bonchev–Trinajstić information content (AvgIpc) is 2.51. The first-order valence-electron chi connectivity index (χ1n) is 4.86. The molecule has 1 aromatic rings. The number of rotatable bonds is 5. The minimum atomic E-state index is -0.162.